The summed E-state index contributed by atoms with van der Waals surface area (Å²) >= 11 is 1.07. The van der Waals surface area contributed by atoms with E-state index < -0.39 is 31.8 Å². The van der Waals surface area contributed by atoms with Crippen molar-refractivity contribution in [3.63, 3.8) is 0 Å². The summed E-state index contributed by atoms with van der Waals surface area (Å²) in [4.78, 5) is 14.3. The highest BCUT2D eigenvalue weighted by Crippen LogP contribution is 2.22. The molecule has 10 heteroatoms. The lowest BCUT2D eigenvalue weighted by molar-refractivity contribution is -0.133. The highest BCUT2D eigenvalue weighted by molar-refractivity contribution is 7.91. The van der Waals surface area contributed by atoms with E-state index in [1.807, 2.05) is 0 Å². The van der Waals surface area contributed by atoms with E-state index in [1.165, 1.54) is 30.0 Å². The van der Waals surface area contributed by atoms with Crippen molar-refractivity contribution in [3.05, 3.63) is 47.3 Å². The van der Waals surface area contributed by atoms with Crippen LogP contribution in [-0.4, -0.2) is 47.0 Å². The van der Waals surface area contributed by atoms with Crippen LogP contribution in [0.1, 0.15) is 25.5 Å². The molecule has 2 aromatic rings. The summed E-state index contributed by atoms with van der Waals surface area (Å²) in [6.07, 6.45) is 1.13. The Bertz CT molecular complexity index is 997. The van der Waals surface area contributed by atoms with E-state index in [0.29, 0.717) is 0 Å². The van der Waals surface area contributed by atoms with Gasteiger partial charge in [0.05, 0.1) is 17.0 Å². The maximum Gasteiger partial charge on any atom is 0.250 e. The number of sulfonamides is 1. The van der Waals surface area contributed by atoms with Crippen LogP contribution in [0.3, 0.4) is 0 Å². The molecular formula is C17H22N2O5S3. The quantitative estimate of drug-likeness (QED) is 0.724. The van der Waals surface area contributed by atoms with Crippen molar-refractivity contribution < 1.29 is 21.6 Å². The highest BCUT2D eigenvalue weighted by Gasteiger charge is 2.27. The molecule has 0 aliphatic rings. The molecule has 2 unspecified atom stereocenters. The second-order valence-electron chi connectivity index (χ2n) is 6.24. The van der Waals surface area contributed by atoms with Gasteiger partial charge in [0, 0.05) is 13.3 Å². The number of benzene rings is 1. The Morgan fingerprint density at radius 1 is 1.07 bits per heavy atom. The molecule has 0 fully saturated rings. The zero-order valence-corrected chi connectivity index (χ0v) is 17.9. The number of carbonyl (C=O) groups is 1. The lowest BCUT2D eigenvalue weighted by Crippen LogP contribution is -2.46. The van der Waals surface area contributed by atoms with Crippen molar-refractivity contribution in [2.75, 3.05) is 13.3 Å². The second kappa shape index (κ2) is 8.09. The molecule has 0 radical (unpaired) electrons. The van der Waals surface area contributed by atoms with Crippen LogP contribution in [0.4, 0.5) is 0 Å². The van der Waals surface area contributed by atoms with Crippen LogP contribution in [0.5, 0.6) is 0 Å². The van der Waals surface area contributed by atoms with Gasteiger partial charge in [-0.15, -0.1) is 11.3 Å². The number of amides is 1. The van der Waals surface area contributed by atoms with Gasteiger partial charge in [-0.2, -0.15) is 4.72 Å². The molecule has 0 saturated carbocycles. The molecule has 1 amide bonds. The molecule has 148 valence electrons. The van der Waals surface area contributed by atoms with E-state index in [9.17, 15) is 21.6 Å². The number of rotatable bonds is 7. The molecule has 0 spiro atoms. The Kier molecular flexibility index (Phi) is 6.46. The van der Waals surface area contributed by atoms with E-state index in [2.05, 4.69) is 4.72 Å². The minimum absolute atomic E-state index is 0.147. The summed E-state index contributed by atoms with van der Waals surface area (Å²) in [6.45, 7) is 3.28. The van der Waals surface area contributed by atoms with Crippen LogP contribution < -0.4 is 4.72 Å². The third-order valence-corrected chi connectivity index (χ3v) is 8.25. The molecule has 0 saturated heterocycles. The molecular weight excluding hydrogens is 408 g/mol. The maximum absolute atomic E-state index is 12.6. The zero-order chi connectivity index (χ0) is 20.4. The van der Waals surface area contributed by atoms with Gasteiger partial charge in [0.25, 0.3) is 10.0 Å². The molecule has 0 bridgehead atoms. The number of nitrogens with one attached hydrogen (secondary N) is 1. The minimum Gasteiger partial charge on any atom is -0.338 e. The Labute approximate surface area is 164 Å². The smallest absolute Gasteiger partial charge is 0.250 e. The van der Waals surface area contributed by atoms with Crippen molar-refractivity contribution >= 4 is 37.1 Å². The molecule has 0 aliphatic heterocycles. The average molecular weight is 431 g/mol. The fraction of sp³-hybridized carbons (Fsp3) is 0.353. The van der Waals surface area contributed by atoms with Gasteiger partial charge in [-0.3, -0.25) is 4.79 Å². The number of hydrogen-bond acceptors (Lipinski definition) is 6. The van der Waals surface area contributed by atoms with Crippen LogP contribution in [0.2, 0.25) is 0 Å². The van der Waals surface area contributed by atoms with Gasteiger partial charge in [0.2, 0.25) is 5.91 Å². The summed E-state index contributed by atoms with van der Waals surface area (Å²) in [5.74, 6) is -0.394. The van der Waals surface area contributed by atoms with E-state index in [1.54, 1.807) is 37.6 Å². The zero-order valence-electron chi connectivity index (χ0n) is 15.4. The standard InChI is InChI=1S/C17H22N2O5S3/c1-12(18-27(23,24)16-6-5-11-25-16)17(20)19(3)13(2)14-7-9-15(10-8-14)26(4,21)22/h5-13,18H,1-4H3. The Morgan fingerprint density at radius 2 is 1.67 bits per heavy atom. The predicted octanol–water partition coefficient (Wildman–Crippen LogP) is 2.04. The number of thiophene rings is 1. The van der Waals surface area contributed by atoms with Crippen LogP contribution in [0, 0.1) is 0 Å². The molecule has 1 N–H and O–H groups in total. The fourth-order valence-corrected chi connectivity index (χ4v) is 5.31. The predicted molar refractivity (Wildman–Crippen MR) is 105 cm³/mol. The highest BCUT2D eigenvalue weighted by atomic mass is 32.2. The third-order valence-electron chi connectivity index (χ3n) is 4.18. The van der Waals surface area contributed by atoms with E-state index in [4.69, 9.17) is 0 Å². The Morgan fingerprint density at radius 3 is 2.15 bits per heavy atom. The molecule has 2 atom stereocenters. The molecule has 7 nitrogen and oxygen atoms in total. The van der Waals surface area contributed by atoms with Crippen LogP contribution in [-0.2, 0) is 24.7 Å². The molecule has 2 rings (SSSR count). The van der Waals surface area contributed by atoms with Crippen molar-refractivity contribution in [1.29, 1.82) is 0 Å². The van der Waals surface area contributed by atoms with E-state index >= 15 is 0 Å². The SMILES string of the molecule is CC(NS(=O)(=O)c1cccs1)C(=O)N(C)C(C)c1ccc(S(C)(=O)=O)cc1. The third kappa shape index (κ3) is 5.16. The summed E-state index contributed by atoms with van der Waals surface area (Å²) < 4.78 is 50.2. The van der Waals surface area contributed by atoms with Crippen molar-refractivity contribution in [2.45, 2.75) is 35.0 Å². The molecule has 0 aliphatic carbocycles. The second-order valence-corrected chi connectivity index (χ2v) is 11.1. The Hall–Kier alpha value is -1.75. The summed E-state index contributed by atoms with van der Waals surface area (Å²) in [5, 5.41) is 1.65. The van der Waals surface area contributed by atoms with Crippen molar-refractivity contribution in [3.8, 4) is 0 Å². The first-order chi connectivity index (χ1) is 12.4. The van der Waals surface area contributed by atoms with Crippen molar-refractivity contribution in [2.24, 2.45) is 0 Å². The van der Waals surface area contributed by atoms with Gasteiger partial charge in [-0.05, 0) is 43.0 Å². The Balaban J connectivity index is 2.11. The first-order valence-corrected chi connectivity index (χ1v) is 12.3. The van der Waals surface area contributed by atoms with Crippen molar-refractivity contribution in [1.82, 2.24) is 9.62 Å². The van der Waals surface area contributed by atoms with Gasteiger partial charge in [0.15, 0.2) is 9.84 Å². The topological polar surface area (TPSA) is 101 Å². The lowest BCUT2D eigenvalue weighted by atomic mass is 10.1. The number of likely N-dealkylation sites (N-methyl/N-ethyl adjacent to an activating group) is 1. The van der Waals surface area contributed by atoms with Gasteiger partial charge in [-0.25, -0.2) is 16.8 Å². The fourth-order valence-electron chi connectivity index (χ4n) is 2.47. The monoisotopic (exact) mass is 430 g/mol. The first kappa shape index (κ1) is 21.5. The number of carbonyl (C=O) groups excluding carboxylic acids is 1. The number of sulfone groups is 1. The lowest BCUT2D eigenvalue weighted by Gasteiger charge is -2.28. The van der Waals surface area contributed by atoms with Crippen LogP contribution in [0.15, 0.2) is 50.9 Å². The number of hydrogen-bond donors (Lipinski definition) is 1. The summed E-state index contributed by atoms with van der Waals surface area (Å²) in [5.41, 5.74) is 0.742. The molecule has 1 aromatic carbocycles. The first-order valence-electron chi connectivity index (χ1n) is 8.06. The van der Waals surface area contributed by atoms with Gasteiger partial charge in [0.1, 0.15) is 4.21 Å². The number of nitrogens with zero attached hydrogens (tertiary/aromatic N) is 1. The average Bonchev–Trinajstić information content (AvgIpc) is 3.14. The normalized spacial score (nSPS) is 14.5. The largest absolute Gasteiger partial charge is 0.338 e. The summed E-state index contributed by atoms with van der Waals surface area (Å²) in [7, 11) is -5.47. The molecule has 1 heterocycles. The van der Waals surface area contributed by atoms with E-state index in [0.717, 1.165) is 23.2 Å². The minimum atomic E-state index is -3.75. The summed E-state index contributed by atoms with van der Waals surface area (Å²) in [6, 6.07) is 8.06. The van der Waals surface area contributed by atoms with Crippen LogP contribution in [0.25, 0.3) is 0 Å². The molecule has 1 aromatic heterocycles. The van der Waals surface area contributed by atoms with Crippen LogP contribution >= 0.6 is 11.3 Å². The maximum atomic E-state index is 12.6. The van der Waals surface area contributed by atoms with Gasteiger partial charge >= 0.3 is 0 Å². The molecule has 27 heavy (non-hydrogen) atoms. The van der Waals surface area contributed by atoms with E-state index in [-0.39, 0.29) is 15.1 Å². The van der Waals surface area contributed by atoms with Gasteiger partial charge < -0.3 is 4.90 Å². The van der Waals surface area contributed by atoms with Gasteiger partial charge in [-0.1, -0.05) is 18.2 Å².